The quantitative estimate of drug-likeness (QED) is 0.721. The van der Waals surface area contributed by atoms with E-state index in [1.54, 1.807) is 0 Å². The molecule has 1 aliphatic rings. The zero-order chi connectivity index (χ0) is 12.8. The Morgan fingerprint density at radius 1 is 1.16 bits per heavy atom. The van der Waals surface area contributed by atoms with Gasteiger partial charge < -0.3 is 9.73 Å². The lowest BCUT2D eigenvalue weighted by molar-refractivity contribution is 0.619. The van der Waals surface area contributed by atoms with E-state index < -0.39 is 0 Å². The highest BCUT2D eigenvalue weighted by Crippen LogP contribution is 2.30. The molecule has 0 unspecified atom stereocenters. The number of fused-ring (bicyclic) bond motifs is 2. The highest BCUT2D eigenvalue weighted by atomic mass is 16.3. The zero-order valence-electron chi connectivity index (χ0n) is 10.6. The number of hydrogen-bond donors (Lipinski definition) is 1. The van der Waals surface area contributed by atoms with Crippen molar-refractivity contribution in [3.8, 4) is 11.5 Å². The normalized spacial score (nSPS) is 13.5. The second-order valence-corrected chi connectivity index (χ2v) is 4.84. The molecule has 0 amide bonds. The van der Waals surface area contributed by atoms with Crippen molar-refractivity contribution in [2.75, 3.05) is 11.9 Å². The topological polar surface area (TPSA) is 51.0 Å². The molecule has 0 bridgehead atoms. The highest BCUT2D eigenvalue weighted by molar-refractivity contribution is 5.74. The zero-order valence-corrected chi connectivity index (χ0v) is 10.6. The Morgan fingerprint density at radius 3 is 3.05 bits per heavy atom. The number of aryl methyl sites for hydroxylation is 1. The number of benzene rings is 1. The smallest absolute Gasteiger partial charge is 0.228 e. The van der Waals surface area contributed by atoms with Gasteiger partial charge in [-0.3, -0.25) is 0 Å². The van der Waals surface area contributed by atoms with E-state index in [1.165, 1.54) is 11.3 Å². The van der Waals surface area contributed by atoms with Crippen LogP contribution in [0, 0.1) is 6.92 Å². The van der Waals surface area contributed by atoms with Crippen molar-refractivity contribution in [1.82, 2.24) is 9.97 Å². The van der Waals surface area contributed by atoms with Gasteiger partial charge in [-0.2, -0.15) is 4.98 Å². The SMILES string of the molecule is Cc1ccc2oc(-c3ccc4c(c3)NCC4)nc2n1. The monoisotopic (exact) mass is 251 g/mol. The third-order valence-electron chi connectivity index (χ3n) is 3.46. The summed E-state index contributed by atoms with van der Waals surface area (Å²) in [4.78, 5) is 8.84. The molecule has 4 nitrogen and oxygen atoms in total. The largest absolute Gasteiger partial charge is 0.434 e. The molecule has 0 fully saturated rings. The van der Waals surface area contributed by atoms with Crippen LogP contribution in [0.15, 0.2) is 34.7 Å². The van der Waals surface area contributed by atoms with E-state index in [0.29, 0.717) is 11.5 Å². The summed E-state index contributed by atoms with van der Waals surface area (Å²) >= 11 is 0. The fraction of sp³-hybridized carbons (Fsp3) is 0.200. The number of oxazole rings is 1. The summed E-state index contributed by atoms with van der Waals surface area (Å²) in [5.74, 6) is 0.629. The Kier molecular flexibility index (Phi) is 2.12. The predicted octanol–water partition coefficient (Wildman–Crippen LogP) is 3.17. The van der Waals surface area contributed by atoms with E-state index >= 15 is 0 Å². The molecule has 3 aromatic rings. The summed E-state index contributed by atoms with van der Waals surface area (Å²) in [6.45, 7) is 2.96. The van der Waals surface area contributed by atoms with Gasteiger partial charge in [-0.25, -0.2) is 4.98 Å². The molecule has 4 heteroatoms. The Balaban J connectivity index is 1.85. The van der Waals surface area contributed by atoms with Gasteiger partial charge in [0.15, 0.2) is 11.2 Å². The van der Waals surface area contributed by atoms with Gasteiger partial charge in [0, 0.05) is 23.5 Å². The standard InChI is InChI=1S/C15H13N3O/c1-9-2-5-13-14(17-9)18-15(19-13)11-4-3-10-6-7-16-12(10)8-11/h2-5,8,16H,6-7H2,1H3. The number of nitrogens with zero attached hydrogens (tertiary/aromatic N) is 2. The van der Waals surface area contributed by atoms with E-state index in [0.717, 1.165) is 29.8 Å². The molecule has 2 aromatic heterocycles. The minimum atomic E-state index is 0.629. The van der Waals surface area contributed by atoms with Gasteiger partial charge in [-0.05, 0) is 43.2 Å². The molecule has 1 N–H and O–H groups in total. The van der Waals surface area contributed by atoms with Crippen LogP contribution < -0.4 is 5.32 Å². The molecule has 0 saturated carbocycles. The minimum absolute atomic E-state index is 0.629. The third kappa shape index (κ3) is 1.68. The number of aromatic nitrogens is 2. The first-order valence-electron chi connectivity index (χ1n) is 6.41. The first-order valence-corrected chi connectivity index (χ1v) is 6.41. The van der Waals surface area contributed by atoms with E-state index in [1.807, 2.05) is 19.1 Å². The van der Waals surface area contributed by atoms with Crippen molar-refractivity contribution in [2.24, 2.45) is 0 Å². The predicted molar refractivity (Wildman–Crippen MR) is 74.2 cm³/mol. The molecule has 0 spiro atoms. The summed E-state index contributed by atoms with van der Waals surface area (Å²) in [6, 6.07) is 10.1. The molecule has 1 aliphatic heterocycles. The number of rotatable bonds is 1. The summed E-state index contributed by atoms with van der Waals surface area (Å²) < 4.78 is 5.77. The molecule has 19 heavy (non-hydrogen) atoms. The minimum Gasteiger partial charge on any atom is -0.434 e. The highest BCUT2D eigenvalue weighted by Gasteiger charge is 2.14. The van der Waals surface area contributed by atoms with Crippen molar-refractivity contribution < 1.29 is 4.42 Å². The number of hydrogen-bond acceptors (Lipinski definition) is 4. The Hall–Kier alpha value is -2.36. The van der Waals surface area contributed by atoms with Gasteiger partial charge in [0.05, 0.1) is 0 Å². The van der Waals surface area contributed by atoms with E-state index in [2.05, 4.69) is 33.5 Å². The lowest BCUT2D eigenvalue weighted by Crippen LogP contribution is -1.91. The van der Waals surface area contributed by atoms with Crippen LogP contribution in [-0.4, -0.2) is 16.5 Å². The number of pyridine rings is 1. The van der Waals surface area contributed by atoms with Crippen LogP contribution in [0.3, 0.4) is 0 Å². The van der Waals surface area contributed by atoms with Crippen LogP contribution >= 0.6 is 0 Å². The maximum atomic E-state index is 5.77. The van der Waals surface area contributed by atoms with Crippen molar-refractivity contribution >= 4 is 16.9 Å². The summed E-state index contributed by atoms with van der Waals surface area (Å²) in [6.07, 6.45) is 1.09. The molecule has 4 rings (SSSR count). The van der Waals surface area contributed by atoms with Crippen molar-refractivity contribution in [2.45, 2.75) is 13.3 Å². The van der Waals surface area contributed by atoms with E-state index in [9.17, 15) is 0 Å². The average Bonchev–Trinajstić information content (AvgIpc) is 3.02. The summed E-state index contributed by atoms with van der Waals surface area (Å²) in [7, 11) is 0. The molecule has 0 radical (unpaired) electrons. The molecule has 0 aliphatic carbocycles. The molecule has 0 atom stereocenters. The lowest BCUT2D eigenvalue weighted by Gasteiger charge is -2.01. The molecular weight excluding hydrogens is 238 g/mol. The average molecular weight is 251 g/mol. The molecule has 1 aromatic carbocycles. The Morgan fingerprint density at radius 2 is 2.11 bits per heavy atom. The Bertz CT molecular complexity index is 776. The van der Waals surface area contributed by atoms with Crippen LogP contribution in [0.1, 0.15) is 11.3 Å². The Labute approximate surface area is 110 Å². The van der Waals surface area contributed by atoms with Gasteiger partial charge in [0.2, 0.25) is 5.89 Å². The van der Waals surface area contributed by atoms with Crippen LogP contribution in [0.2, 0.25) is 0 Å². The second-order valence-electron chi connectivity index (χ2n) is 4.84. The fourth-order valence-corrected chi connectivity index (χ4v) is 2.46. The molecular formula is C15H13N3O. The van der Waals surface area contributed by atoms with Crippen LogP contribution in [0.4, 0.5) is 5.69 Å². The van der Waals surface area contributed by atoms with E-state index in [4.69, 9.17) is 4.42 Å². The van der Waals surface area contributed by atoms with Crippen LogP contribution in [0.25, 0.3) is 22.7 Å². The lowest BCUT2D eigenvalue weighted by atomic mass is 10.1. The number of nitrogens with one attached hydrogen (secondary N) is 1. The van der Waals surface area contributed by atoms with Crippen molar-refractivity contribution in [3.63, 3.8) is 0 Å². The van der Waals surface area contributed by atoms with E-state index in [-0.39, 0.29) is 0 Å². The summed E-state index contributed by atoms with van der Waals surface area (Å²) in [5, 5.41) is 3.37. The van der Waals surface area contributed by atoms with Crippen LogP contribution in [-0.2, 0) is 6.42 Å². The second kappa shape index (κ2) is 3.82. The van der Waals surface area contributed by atoms with Gasteiger partial charge in [-0.15, -0.1) is 0 Å². The van der Waals surface area contributed by atoms with Gasteiger partial charge >= 0.3 is 0 Å². The molecule has 0 saturated heterocycles. The summed E-state index contributed by atoms with van der Waals surface area (Å²) in [5.41, 5.74) is 5.88. The maximum Gasteiger partial charge on any atom is 0.228 e. The fourth-order valence-electron chi connectivity index (χ4n) is 2.46. The van der Waals surface area contributed by atoms with Crippen LogP contribution in [0.5, 0.6) is 0 Å². The third-order valence-corrected chi connectivity index (χ3v) is 3.46. The molecule has 3 heterocycles. The number of anilines is 1. The van der Waals surface area contributed by atoms with Gasteiger partial charge in [0.1, 0.15) is 0 Å². The van der Waals surface area contributed by atoms with Crippen molar-refractivity contribution in [1.29, 1.82) is 0 Å². The van der Waals surface area contributed by atoms with Gasteiger partial charge in [-0.1, -0.05) is 6.07 Å². The maximum absolute atomic E-state index is 5.77. The van der Waals surface area contributed by atoms with Gasteiger partial charge in [0.25, 0.3) is 0 Å². The van der Waals surface area contributed by atoms with Crippen molar-refractivity contribution in [3.05, 3.63) is 41.6 Å². The first kappa shape index (κ1) is 10.6. The molecule has 94 valence electrons. The first-order chi connectivity index (χ1) is 9.29.